The van der Waals surface area contributed by atoms with E-state index in [0.717, 1.165) is 10.2 Å². The zero-order valence-corrected chi connectivity index (χ0v) is 7.64. The van der Waals surface area contributed by atoms with Gasteiger partial charge in [-0.15, -0.1) is 0 Å². The van der Waals surface area contributed by atoms with E-state index in [1.165, 1.54) is 0 Å². The van der Waals surface area contributed by atoms with Crippen molar-refractivity contribution >= 4 is 15.9 Å². The third kappa shape index (κ3) is 1.57. The quantitative estimate of drug-likeness (QED) is 0.636. The summed E-state index contributed by atoms with van der Waals surface area (Å²) >= 11 is 3.32. The molecule has 0 fully saturated rings. The second-order valence-corrected chi connectivity index (χ2v) is 3.20. The lowest BCUT2D eigenvalue weighted by atomic mass is 10.1. The summed E-state index contributed by atoms with van der Waals surface area (Å²) in [7, 11) is 0. The maximum Gasteiger partial charge on any atom is 0.109 e. The van der Waals surface area contributed by atoms with Crippen LogP contribution >= 0.6 is 15.9 Å². The third-order valence-corrected chi connectivity index (χ3v) is 1.93. The molecule has 0 saturated heterocycles. The van der Waals surface area contributed by atoms with E-state index in [2.05, 4.69) is 34.8 Å². The molecule has 0 aliphatic rings. The Hall–Kier alpha value is -0.370. The number of hydrogen-bond donors (Lipinski definition) is 0. The highest BCUT2D eigenvalue weighted by Crippen LogP contribution is 2.20. The lowest BCUT2D eigenvalue weighted by Crippen LogP contribution is -1.89. The molecule has 0 amide bonds. The van der Waals surface area contributed by atoms with Crippen LogP contribution < -0.4 is 0 Å². The van der Waals surface area contributed by atoms with Gasteiger partial charge in [-0.05, 0) is 33.5 Å². The standard InChI is InChI=1S/C8H10BrN/c1-6(2)7-4-3-5-10-8(7)9/h3-6H,1-2H3/i4D. The largest absolute Gasteiger partial charge is 0.249 e. The Balaban J connectivity index is 3.21. The molecule has 0 spiro atoms. The van der Waals surface area contributed by atoms with E-state index in [1.54, 1.807) is 12.3 Å². The van der Waals surface area contributed by atoms with Crippen molar-refractivity contribution in [1.82, 2.24) is 4.98 Å². The van der Waals surface area contributed by atoms with Crippen molar-refractivity contribution in [2.24, 2.45) is 0 Å². The molecule has 1 aromatic rings. The first kappa shape index (κ1) is 6.35. The Morgan fingerprint density at radius 1 is 1.70 bits per heavy atom. The van der Waals surface area contributed by atoms with Gasteiger partial charge < -0.3 is 0 Å². The van der Waals surface area contributed by atoms with Crippen LogP contribution in [0, 0.1) is 0 Å². The summed E-state index contributed by atoms with van der Waals surface area (Å²) in [5.74, 6) is 0.352. The number of halogens is 1. The van der Waals surface area contributed by atoms with E-state index in [4.69, 9.17) is 1.37 Å². The predicted octanol–water partition coefficient (Wildman–Crippen LogP) is 2.97. The molecular weight excluding hydrogens is 190 g/mol. The monoisotopic (exact) mass is 200 g/mol. The van der Waals surface area contributed by atoms with Crippen LogP contribution in [0.2, 0.25) is 0 Å². The number of hydrogen-bond acceptors (Lipinski definition) is 1. The van der Waals surface area contributed by atoms with Crippen molar-refractivity contribution in [3.8, 4) is 0 Å². The van der Waals surface area contributed by atoms with Gasteiger partial charge in [0.05, 0.1) is 1.37 Å². The number of aromatic nitrogens is 1. The molecule has 1 nitrogen and oxygen atoms in total. The van der Waals surface area contributed by atoms with E-state index in [0.29, 0.717) is 12.0 Å². The van der Waals surface area contributed by atoms with Crippen molar-refractivity contribution in [3.63, 3.8) is 0 Å². The molecule has 1 rings (SSSR count). The summed E-state index contributed by atoms with van der Waals surface area (Å²) in [5, 5.41) is 0. The predicted molar refractivity (Wildman–Crippen MR) is 46.0 cm³/mol. The van der Waals surface area contributed by atoms with E-state index in [9.17, 15) is 0 Å². The zero-order chi connectivity index (χ0) is 8.43. The molecule has 1 heterocycles. The Morgan fingerprint density at radius 3 is 2.80 bits per heavy atom. The molecule has 0 bridgehead atoms. The normalized spacial score (nSPS) is 11.8. The molecule has 1 aromatic heterocycles. The second-order valence-electron chi connectivity index (χ2n) is 2.45. The molecule has 0 aliphatic carbocycles. The SMILES string of the molecule is [2H]c1ccnc(Br)c1C(C)C. The Bertz CT molecular complexity index is 240. The summed E-state index contributed by atoms with van der Waals surface area (Å²) in [6, 6.07) is 2.27. The lowest BCUT2D eigenvalue weighted by Gasteiger charge is -2.04. The van der Waals surface area contributed by atoms with Crippen LogP contribution in [0.25, 0.3) is 0 Å². The number of pyridine rings is 1. The minimum Gasteiger partial charge on any atom is -0.249 e. The molecule has 10 heavy (non-hydrogen) atoms. The third-order valence-electron chi connectivity index (χ3n) is 1.30. The van der Waals surface area contributed by atoms with Gasteiger partial charge in [0.15, 0.2) is 0 Å². The highest BCUT2D eigenvalue weighted by molar-refractivity contribution is 9.10. The van der Waals surface area contributed by atoms with Crippen LogP contribution in [0.1, 0.15) is 26.7 Å². The first-order valence-electron chi connectivity index (χ1n) is 3.74. The summed E-state index contributed by atoms with van der Waals surface area (Å²) in [6.07, 6.45) is 1.64. The smallest absolute Gasteiger partial charge is 0.109 e. The molecule has 0 aromatic carbocycles. The fourth-order valence-corrected chi connectivity index (χ4v) is 1.45. The van der Waals surface area contributed by atoms with Gasteiger partial charge in [0.25, 0.3) is 0 Å². The van der Waals surface area contributed by atoms with Gasteiger partial charge in [-0.25, -0.2) is 4.98 Å². The van der Waals surface area contributed by atoms with E-state index in [1.807, 2.05) is 0 Å². The van der Waals surface area contributed by atoms with Crippen molar-refractivity contribution in [3.05, 3.63) is 28.5 Å². The van der Waals surface area contributed by atoms with E-state index in [-0.39, 0.29) is 0 Å². The van der Waals surface area contributed by atoms with Crippen LogP contribution in [-0.4, -0.2) is 4.98 Å². The van der Waals surface area contributed by atoms with Crippen molar-refractivity contribution in [2.75, 3.05) is 0 Å². The Kier molecular flexibility index (Phi) is 2.00. The first-order chi connectivity index (χ1) is 5.13. The van der Waals surface area contributed by atoms with E-state index >= 15 is 0 Å². The van der Waals surface area contributed by atoms with Crippen LogP contribution in [0.3, 0.4) is 0 Å². The van der Waals surface area contributed by atoms with Gasteiger partial charge in [0.1, 0.15) is 4.60 Å². The molecule has 54 valence electrons. The van der Waals surface area contributed by atoms with Crippen LogP contribution in [-0.2, 0) is 0 Å². The molecular formula is C8H10BrN. The summed E-state index contributed by atoms with van der Waals surface area (Å²) in [6.45, 7) is 4.11. The zero-order valence-electron chi connectivity index (χ0n) is 7.06. The van der Waals surface area contributed by atoms with Crippen LogP contribution in [0.15, 0.2) is 22.9 Å². The second kappa shape index (κ2) is 3.15. The topological polar surface area (TPSA) is 12.9 Å². The van der Waals surface area contributed by atoms with Gasteiger partial charge in [-0.3, -0.25) is 0 Å². The lowest BCUT2D eigenvalue weighted by molar-refractivity contribution is 0.849. The fourth-order valence-electron chi connectivity index (χ4n) is 0.764. The maximum absolute atomic E-state index is 7.57. The fraction of sp³-hybridized carbons (Fsp3) is 0.375. The van der Waals surface area contributed by atoms with Crippen LogP contribution in [0.4, 0.5) is 0 Å². The average molecular weight is 201 g/mol. The summed E-state index contributed by atoms with van der Waals surface area (Å²) in [4.78, 5) is 4.06. The average Bonchev–Trinajstić information content (AvgIpc) is 1.85. The summed E-state index contributed by atoms with van der Waals surface area (Å²) < 4.78 is 8.36. The Morgan fingerprint density at radius 2 is 2.40 bits per heavy atom. The number of rotatable bonds is 1. The minimum atomic E-state index is 0.352. The minimum absolute atomic E-state index is 0.352. The maximum atomic E-state index is 7.57. The van der Waals surface area contributed by atoms with Gasteiger partial charge in [0, 0.05) is 6.20 Å². The van der Waals surface area contributed by atoms with Gasteiger partial charge in [-0.2, -0.15) is 0 Å². The summed E-state index contributed by atoms with van der Waals surface area (Å²) in [5.41, 5.74) is 0.979. The van der Waals surface area contributed by atoms with Crippen molar-refractivity contribution < 1.29 is 1.37 Å². The van der Waals surface area contributed by atoms with Crippen LogP contribution in [0.5, 0.6) is 0 Å². The van der Waals surface area contributed by atoms with E-state index < -0.39 is 0 Å². The van der Waals surface area contributed by atoms with Gasteiger partial charge in [-0.1, -0.05) is 19.9 Å². The van der Waals surface area contributed by atoms with Crippen molar-refractivity contribution in [2.45, 2.75) is 19.8 Å². The molecule has 0 radical (unpaired) electrons. The molecule has 0 saturated carbocycles. The molecule has 2 heteroatoms. The molecule has 0 atom stereocenters. The van der Waals surface area contributed by atoms with Crippen molar-refractivity contribution in [1.29, 1.82) is 0 Å². The molecule has 0 unspecified atom stereocenters. The molecule has 0 N–H and O–H groups in total. The molecule has 0 aliphatic heterocycles. The van der Waals surface area contributed by atoms with Gasteiger partial charge >= 0.3 is 0 Å². The first-order valence-corrected chi connectivity index (χ1v) is 4.03. The Labute approximate surface area is 71.0 Å². The highest BCUT2D eigenvalue weighted by Gasteiger charge is 2.02. The highest BCUT2D eigenvalue weighted by atomic mass is 79.9. The van der Waals surface area contributed by atoms with Gasteiger partial charge in [0.2, 0.25) is 0 Å². The number of nitrogens with zero attached hydrogens (tertiary/aromatic N) is 1.